The summed E-state index contributed by atoms with van der Waals surface area (Å²) in [5, 5.41) is 9.44. The Bertz CT molecular complexity index is 260. The number of nitrogens with zero attached hydrogens (tertiary/aromatic N) is 2. The van der Waals surface area contributed by atoms with Crippen LogP contribution in [0.3, 0.4) is 0 Å². The number of ether oxygens (including phenoxy) is 1. The monoisotopic (exact) mass is 362 g/mol. The molecule has 0 fully saturated rings. The van der Waals surface area contributed by atoms with Crippen molar-refractivity contribution in [1.82, 2.24) is 10.2 Å². The minimum Gasteiger partial charge on any atom is -0.469 e. The molecule has 12 heavy (non-hydrogen) atoms. The molecule has 0 saturated heterocycles. The number of alkyl halides is 2. The minimum absolute atomic E-state index is 0.141. The highest BCUT2D eigenvalue weighted by molar-refractivity contribution is 14.1. The van der Waals surface area contributed by atoms with Crippen molar-refractivity contribution in [3.05, 3.63) is 5.01 Å². The number of rotatable bonds is 3. The average Bonchev–Trinajstić information content (AvgIpc) is 2.35. The van der Waals surface area contributed by atoms with Crippen LogP contribution in [0.25, 0.3) is 0 Å². The van der Waals surface area contributed by atoms with Crippen molar-refractivity contribution in [2.45, 2.75) is 16.2 Å². The van der Waals surface area contributed by atoms with Gasteiger partial charge in [-0.15, -0.1) is 5.10 Å². The predicted molar refractivity (Wildman–Crippen MR) is 61.4 cm³/mol. The van der Waals surface area contributed by atoms with E-state index in [-0.39, 0.29) is 2.33 Å². The van der Waals surface area contributed by atoms with Crippen LogP contribution >= 0.6 is 49.9 Å². The topological polar surface area (TPSA) is 35.0 Å². The molecule has 0 amide bonds. The molecule has 0 aromatic carbocycles. The Morgan fingerprint density at radius 2 is 2.33 bits per heavy atom. The number of aromatic nitrogens is 2. The fourth-order valence-electron chi connectivity index (χ4n) is 0.569. The van der Waals surface area contributed by atoms with Crippen molar-refractivity contribution >= 4 is 49.9 Å². The highest BCUT2D eigenvalue weighted by Crippen LogP contribution is 2.40. The molecule has 1 heterocycles. The van der Waals surface area contributed by atoms with E-state index in [1.807, 2.05) is 13.8 Å². The van der Waals surface area contributed by atoms with Gasteiger partial charge >= 0.3 is 0 Å². The second-order valence-electron chi connectivity index (χ2n) is 2.19. The lowest BCUT2D eigenvalue weighted by molar-refractivity contribution is 0.335. The van der Waals surface area contributed by atoms with Crippen LogP contribution in [-0.4, -0.2) is 16.8 Å². The summed E-state index contributed by atoms with van der Waals surface area (Å²) >= 11 is 7.21. The molecule has 1 unspecified atom stereocenters. The third-order valence-corrected chi connectivity index (χ3v) is 3.62. The van der Waals surface area contributed by atoms with E-state index >= 15 is 0 Å². The lowest BCUT2D eigenvalue weighted by Gasteiger charge is -2.06. The first kappa shape index (κ1) is 10.6. The first-order valence-corrected chi connectivity index (χ1v) is 6.07. The molecule has 0 N–H and O–H groups in total. The van der Waals surface area contributed by atoms with Crippen LogP contribution < -0.4 is 4.74 Å². The number of halogens is 2. The van der Waals surface area contributed by atoms with E-state index in [1.54, 1.807) is 0 Å². The van der Waals surface area contributed by atoms with Crippen LogP contribution in [0.5, 0.6) is 5.19 Å². The van der Waals surface area contributed by atoms with Gasteiger partial charge in [-0.25, -0.2) is 0 Å². The van der Waals surface area contributed by atoms with Crippen molar-refractivity contribution in [2.24, 2.45) is 0 Å². The van der Waals surface area contributed by atoms with Gasteiger partial charge in [0.15, 0.2) is 0 Å². The van der Waals surface area contributed by atoms with Gasteiger partial charge in [0.1, 0.15) is 7.34 Å². The van der Waals surface area contributed by atoms with Crippen molar-refractivity contribution in [2.75, 3.05) is 6.61 Å². The van der Waals surface area contributed by atoms with Gasteiger partial charge in [0, 0.05) is 0 Å². The average molecular weight is 363 g/mol. The Kier molecular flexibility index (Phi) is 3.72. The molecule has 0 radical (unpaired) electrons. The molecule has 68 valence electrons. The van der Waals surface area contributed by atoms with Crippen LogP contribution in [0.1, 0.15) is 18.9 Å². The zero-order valence-corrected chi connectivity index (χ0v) is 11.2. The molecule has 0 saturated carbocycles. The third kappa shape index (κ3) is 2.81. The smallest absolute Gasteiger partial charge is 0.294 e. The summed E-state index contributed by atoms with van der Waals surface area (Å²) < 4.78 is 5.06. The molecule has 1 atom stereocenters. The summed E-state index contributed by atoms with van der Waals surface area (Å²) in [6, 6.07) is 0. The molecule has 1 rings (SSSR count). The summed E-state index contributed by atoms with van der Waals surface area (Å²) in [5.41, 5.74) is 0. The normalized spacial score (nSPS) is 15.7. The van der Waals surface area contributed by atoms with E-state index in [4.69, 9.17) is 4.74 Å². The van der Waals surface area contributed by atoms with E-state index in [1.165, 1.54) is 11.3 Å². The summed E-state index contributed by atoms with van der Waals surface area (Å²) in [6.45, 7) is 4.58. The highest BCUT2D eigenvalue weighted by Gasteiger charge is 2.23. The SMILES string of the molecule is CCOc1nnc(C(C)(Br)I)s1. The molecule has 1 aromatic rings. The zero-order chi connectivity index (χ0) is 9.19. The molecular formula is C6H8BrIN2OS. The van der Waals surface area contributed by atoms with Crippen molar-refractivity contribution in [3.63, 3.8) is 0 Å². The van der Waals surface area contributed by atoms with Gasteiger partial charge in [0.25, 0.3) is 5.19 Å². The standard InChI is InChI=1S/C6H8BrIN2OS/c1-3-11-5-10-9-4(12-5)6(2,7)8/h3H2,1-2H3. The van der Waals surface area contributed by atoms with Gasteiger partial charge in [0.2, 0.25) is 0 Å². The van der Waals surface area contributed by atoms with Gasteiger partial charge in [-0.3, -0.25) is 0 Å². The van der Waals surface area contributed by atoms with Crippen LogP contribution in [0.15, 0.2) is 0 Å². The Morgan fingerprint density at radius 3 is 2.75 bits per heavy atom. The Labute approximate surface area is 97.2 Å². The quantitative estimate of drug-likeness (QED) is 0.612. The second-order valence-corrected chi connectivity index (χ2v) is 8.36. The van der Waals surface area contributed by atoms with Gasteiger partial charge in [-0.05, 0) is 13.8 Å². The second kappa shape index (κ2) is 4.19. The van der Waals surface area contributed by atoms with Gasteiger partial charge in [-0.2, -0.15) is 0 Å². The summed E-state index contributed by atoms with van der Waals surface area (Å²) in [4.78, 5) is 0. The van der Waals surface area contributed by atoms with Crippen LogP contribution in [0.4, 0.5) is 0 Å². The molecule has 0 bridgehead atoms. The summed E-state index contributed by atoms with van der Waals surface area (Å²) in [7, 11) is 0. The molecule has 0 aliphatic heterocycles. The highest BCUT2D eigenvalue weighted by atomic mass is 127. The summed E-state index contributed by atoms with van der Waals surface area (Å²) in [6.07, 6.45) is 0. The van der Waals surface area contributed by atoms with Gasteiger partial charge in [0.05, 0.1) is 6.61 Å². The Hall–Kier alpha value is 0.570. The molecule has 0 spiro atoms. The maximum Gasteiger partial charge on any atom is 0.294 e. The predicted octanol–water partition coefficient (Wildman–Crippen LogP) is 2.94. The first-order valence-electron chi connectivity index (χ1n) is 3.38. The van der Waals surface area contributed by atoms with Crippen molar-refractivity contribution in [1.29, 1.82) is 0 Å². The van der Waals surface area contributed by atoms with E-state index in [2.05, 4.69) is 48.7 Å². The van der Waals surface area contributed by atoms with Crippen LogP contribution in [0, 0.1) is 0 Å². The van der Waals surface area contributed by atoms with E-state index in [0.717, 1.165) is 5.01 Å². The molecule has 3 nitrogen and oxygen atoms in total. The maximum absolute atomic E-state index is 5.20. The largest absolute Gasteiger partial charge is 0.469 e. The van der Waals surface area contributed by atoms with Crippen molar-refractivity contribution < 1.29 is 4.74 Å². The Morgan fingerprint density at radius 1 is 1.67 bits per heavy atom. The van der Waals surface area contributed by atoms with Gasteiger partial charge < -0.3 is 4.74 Å². The van der Waals surface area contributed by atoms with E-state index in [9.17, 15) is 0 Å². The minimum atomic E-state index is -0.141. The summed E-state index contributed by atoms with van der Waals surface area (Å²) in [5.74, 6) is 0. The number of hydrogen-bond acceptors (Lipinski definition) is 4. The van der Waals surface area contributed by atoms with Crippen LogP contribution in [-0.2, 0) is 2.33 Å². The lowest BCUT2D eigenvalue weighted by Crippen LogP contribution is -2.00. The molecule has 0 aliphatic carbocycles. The third-order valence-electron chi connectivity index (χ3n) is 1.05. The van der Waals surface area contributed by atoms with Gasteiger partial charge in [-0.1, -0.05) is 55.0 Å². The van der Waals surface area contributed by atoms with E-state index in [0.29, 0.717) is 11.8 Å². The molecule has 0 aliphatic rings. The number of hydrogen-bond donors (Lipinski definition) is 0. The fourth-order valence-corrected chi connectivity index (χ4v) is 2.01. The molecule has 1 aromatic heterocycles. The molecular weight excluding hydrogens is 355 g/mol. The van der Waals surface area contributed by atoms with Crippen molar-refractivity contribution in [3.8, 4) is 5.19 Å². The first-order chi connectivity index (χ1) is 5.54. The zero-order valence-electron chi connectivity index (χ0n) is 6.67. The molecule has 6 heteroatoms. The Balaban J connectivity index is 2.77. The van der Waals surface area contributed by atoms with Crippen LogP contribution in [0.2, 0.25) is 0 Å². The van der Waals surface area contributed by atoms with E-state index < -0.39 is 0 Å². The maximum atomic E-state index is 5.20. The fraction of sp³-hybridized carbons (Fsp3) is 0.667. The lowest BCUT2D eigenvalue weighted by atomic mass is 10.5.